The molecule has 1 saturated carbocycles. The molecule has 1 unspecified atom stereocenters. The molecule has 9 rings (SSSR count). The Morgan fingerprint density at radius 1 is 0.891 bits per heavy atom. The first-order chi connectivity index (χ1) is 26.8. The molecule has 6 heterocycles. The number of ether oxygens (including phenoxy) is 3. The van der Waals surface area contributed by atoms with Gasteiger partial charge in [-0.05, 0) is 72.9 Å². The summed E-state index contributed by atoms with van der Waals surface area (Å²) in [6.07, 6.45) is 8.54. The number of amides is 2. The van der Waals surface area contributed by atoms with Crippen LogP contribution in [-0.2, 0) is 11.3 Å². The number of fused-ring (bicyclic) bond motifs is 4. The van der Waals surface area contributed by atoms with E-state index in [4.69, 9.17) is 14.2 Å². The van der Waals surface area contributed by atoms with Crippen LogP contribution in [0.3, 0.4) is 0 Å². The zero-order valence-corrected chi connectivity index (χ0v) is 29.3. The summed E-state index contributed by atoms with van der Waals surface area (Å²) in [6, 6.07) is 15.0. The minimum Gasteiger partial charge on any atom is -0.489 e. The highest BCUT2D eigenvalue weighted by atomic mass is 19.2. The number of benzene rings is 2. The number of piperidine rings is 1. The molecule has 2 N–H and O–H groups in total. The Morgan fingerprint density at radius 2 is 1.75 bits per heavy atom. The Balaban J connectivity index is 0.737. The number of allylic oxidation sites excluding steroid dienone is 1. The van der Waals surface area contributed by atoms with Crippen LogP contribution < -0.4 is 19.5 Å². The van der Waals surface area contributed by atoms with Gasteiger partial charge in [0.1, 0.15) is 42.0 Å². The molecule has 274 valence electrons. The normalized spacial score (nSPS) is 19.1. The Bertz CT molecular complexity index is 2570. The van der Waals surface area contributed by atoms with Crippen molar-refractivity contribution in [3.05, 3.63) is 120 Å². The second-order valence-corrected chi connectivity index (χ2v) is 13.7. The summed E-state index contributed by atoms with van der Waals surface area (Å²) in [4.78, 5) is 42.9. The van der Waals surface area contributed by atoms with Gasteiger partial charge in [0.25, 0.3) is 5.91 Å². The molecular formula is C42H32F2N6O5. The van der Waals surface area contributed by atoms with Crippen molar-refractivity contribution in [2.24, 2.45) is 0 Å². The van der Waals surface area contributed by atoms with Gasteiger partial charge in [0.05, 0.1) is 11.7 Å². The van der Waals surface area contributed by atoms with Gasteiger partial charge in [0, 0.05) is 82.7 Å². The Labute approximate surface area is 313 Å². The number of aromatic nitrogens is 4. The van der Waals surface area contributed by atoms with Crippen LogP contribution in [0.2, 0.25) is 0 Å². The van der Waals surface area contributed by atoms with Crippen molar-refractivity contribution in [2.45, 2.75) is 50.5 Å². The van der Waals surface area contributed by atoms with Crippen molar-refractivity contribution in [2.75, 3.05) is 6.61 Å². The van der Waals surface area contributed by atoms with Gasteiger partial charge in [0.15, 0.2) is 11.6 Å². The van der Waals surface area contributed by atoms with Crippen LogP contribution in [0.5, 0.6) is 17.4 Å². The van der Waals surface area contributed by atoms with Gasteiger partial charge in [-0.25, -0.2) is 18.7 Å². The number of carbonyl (C=O) groups is 2. The van der Waals surface area contributed by atoms with Crippen LogP contribution >= 0.6 is 0 Å². The Morgan fingerprint density at radius 3 is 2.55 bits per heavy atom. The number of H-pyrrole nitrogens is 1. The van der Waals surface area contributed by atoms with E-state index >= 15 is 8.78 Å². The van der Waals surface area contributed by atoms with Crippen LogP contribution in [0.4, 0.5) is 8.78 Å². The lowest BCUT2D eigenvalue weighted by atomic mass is 9.92. The van der Waals surface area contributed by atoms with E-state index in [9.17, 15) is 9.59 Å². The average Bonchev–Trinajstić information content (AvgIpc) is 3.71. The van der Waals surface area contributed by atoms with Gasteiger partial charge in [-0.15, -0.1) is 0 Å². The van der Waals surface area contributed by atoms with E-state index in [0.29, 0.717) is 88.5 Å². The fourth-order valence-electron chi connectivity index (χ4n) is 7.22. The number of rotatable bonds is 8. The molecule has 11 nitrogen and oxygen atoms in total. The van der Waals surface area contributed by atoms with Crippen LogP contribution in [0.1, 0.15) is 47.3 Å². The maximum Gasteiger partial charge on any atom is 0.255 e. The van der Waals surface area contributed by atoms with Crippen molar-refractivity contribution in [1.29, 1.82) is 0 Å². The number of nitrogens with one attached hydrogen (secondary N) is 2. The first-order valence-electron chi connectivity index (χ1n) is 17.8. The molecule has 2 amide bonds. The van der Waals surface area contributed by atoms with Gasteiger partial charge >= 0.3 is 0 Å². The van der Waals surface area contributed by atoms with E-state index in [1.54, 1.807) is 59.8 Å². The highest BCUT2D eigenvalue weighted by molar-refractivity contribution is 6.08. The second-order valence-electron chi connectivity index (χ2n) is 13.7. The predicted octanol–water partition coefficient (Wildman–Crippen LogP) is 6.62. The van der Waals surface area contributed by atoms with Crippen molar-refractivity contribution >= 4 is 33.6 Å². The number of hydrogen-bond donors (Lipinski definition) is 2. The van der Waals surface area contributed by atoms with Gasteiger partial charge in [0.2, 0.25) is 11.8 Å². The number of hydrogen-bond acceptors (Lipinski definition) is 8. The lowest BCUT2D eigenvalue weighted by molar-refractivity contribution is -0.126. The maximum absolute atomic E-state index is 15.2. The molecule has 1 atom stereocenters. The molecule has 6 aromatic rings. The highest BCUT2D eigenvalue weighted by Crippen LogP contribution is 2.36. The van der Waals surface area contributed by atoms with Gasteiger partial charge < -0.3 is 29.4 Å². The molecule has 4 aromatic heterocycles. The third-order valence-corrected chi connectivity index (χ3v) is 10.1. The molecule has 2 aliphatic heterocycles. The fraction of sp³-hybridized carbons (Fsp3) is 0.214. The van der Waals surface area contributed by atoms with Gasteiger partial charge in [-0.2, -0.15) is 0 Å². The Hall–Kier alpha value is -6.81. The van der Waals surface area contributed by atoms with Gasteiger partial charge in [-0.1, -0.05) is 12.5 Å². The lowest BCUT2D eigenvalue weighted by Crippen LogP contribution is -2.49. The SMILES string of the molecule is C=C1CCC(N2Cc3cc(OCC#Cc4ccc(OC5CC(Oc6ccc(-c7cc8[nH]c9ccncc9c8c(F)c7F)cn6)C5)cn4)ccc3C2=O)C(=O)N1. The van der Waals surface area contributed by atoms with Crippen molar-refractivity contribution in [3.63, 3.8) is 0 Å². The van der Waals surface area contributed by atoms with Crippen molar-refractivity contribution < 1.29 is 32.6 Å². The smallest absolute Gasteiger partial charge is 0.255 e. The second kappa shape index (κ2) is 13.9. The number of nitrogens with zero attached hydrogens (tertiary/aromatic N) is 4. The van der Waals surface area contributed by atoms with E-state index in [2.05, 4.69) is 43.7 Å². The average molecular weight is 739 g/mol. The summed E-state index contributed by atoms with van der Waals surface area (Å²) < 4.78 is 48.1. The van der Waals surface area contributed by atoms with Crippen LogP contribution in [0.15, 0.2) is 91.7 Å². The largest absolute Gasteiger partial charge is 0.489 e. The summed E-state index contributed by atoms with van der Waals surface area (Å²) in [5, 5.41) is 3.44. The van der Waals surface area contributed by atoms with Crippen LogP contribution in [0, 0.1) is 23.5 Å². The monoisotopic (exact) mass is 738 g/mol. The number of aromatic amines is 1. The summed E-state index contributed by atoms with van der Waals surface area (Å²) >= 11 is 0. The molecule has 13 heteroatoms. The highest BCUT2D eigenvalue weighted by Gasteiger charge is 2.38. The molecular weight excluding hydrogens is 706 g/mol. The van der Waals surface area contributed by atoms with Crippen molar-refractivity contribution in [1.82, 2.24) is 30.2 Å². The summed E-state index contributed by atoms with van der Waals surface area (Å²) in [6.45, 7) is 4.28. The molecule has 2 aromatic carbocycles. The predicted molar refractivity (Wildman–Crippen MR) is 198 cm³/mol. The molecule has 0 radical (unpaired) electrons. The number of carbonyl (C=O) groups excluding carboxylic acids is 2. The van der Waals surface area contributed by atoms with E-state index < -0.39 is 17.7 Å². The molecule has 2 fully saturated rings. The summed E-state index contributed by atoms with van der Waals surface area (Å²) in [5.74, 6) is 5.29. The van der Waals surface area contributed by atoms with E-state index in [1.807, 2.05) is 12.1 Å². The zero-order chi connectivity index (χ0) is 37.6. The lowest BCUT2D eigenvalue weighted by Gasteiger charge is -2.34. The standard InChI is InChI=1S/C42H32F2N6O5/c1-23-4-10-36(41(51)48-23)50-22-25-15-27(8-9-31(25)42(50)52)53-14-2-3-26-6-7-28(20-46-26)54-29-16-30(17-29)55-37-11-5-24(19-47-37)32-18-35-38(40(44)39(32)43)33-21-45-13-12-34(33)49-35/h5-9,11-13,15,18-21,29-30,36,49H,1,4,10,14,16-17,22H2,(H,48,51). The van der Waals surface area contributed by atoms with E-state index in [-0.39, 0.29) is 41.6 Å². The minimum atomic E-state index is -0.949. The minimum absolute atomic E-state index is 0.0544. The first kappa shape index (κ1) is 34.0. The first-order valence-corrected chi connectivity index (χ1v) is 17.8. The molecule has 1 saturated heterocycles. The van der Waals surface area contributed by atoms with Crippen LogP contribution in [0.25, 0.3) is 32.9 Å². The van der Waals surface area contributed by atoms with Crippen LogP contribution in [-0.4, -0.2) is 61.5 Å². The van der Waals surface area contributed by atoms with E-state index in [0.717, 1.165) is 5.56 Å². The molecule has 55 heavy (non-hydrogen) atoms. The number of halogens is 2. The molecule has 3 aliphatic rings. The summed E-state index contributed by atoms with van der Waals surface area (Å²) in [7, 11) is 0. The molecule has 1 aliphatic carbocycles. The third-order valence-electron chi connectivity index (χ3n) is 10.1. The quantitative estimate of drug-likeness (QED) is 0.167. The zero-order valence-electron chi connectivity index (χ0n) is 29.3. The third kappa shape index (κ3) is 6.56. The maximum atomic E-state index is 15.2. The molecule has 0 spiro atoms. The van der Waals surface area contributed by atoms with Gasteiger partial charge in [-0.3, -0.25) is 14.6 Å². The topological polar surface area (TPSA) is 132 Å². The Kier molecular flexibility index (Phi) is 8.57. The van der Waals surface area contributed by atoms with Crippen molar-refractivity contribution in [3.8, 4) is 40.3 Å². The fourth-order valence-corrected chi connectivity index (χ4v) is 7.22. The molecule has 0 bridgehead atoms. The summed E-state index contributed by atoms with van der Waals surface area (Å²) in [5.41, 5.74) is 4.29. The van der Waals surface area contributed by atoms with E-state index in [1.165, 1.54) is 12.4 Å². The number of pyridine rings is 3.